The van der Waals surface area contributed by atoms with Crippen LogP contribution in [-0.2, 0) is 20.7 Å². The standard InChI is InChI=1S/C20H21N5O5/c1-28-15-8-9-16(18(11-15)29-2)22-19(26)12-30-20(27)17(25-13-21-23-24-25)10-14-6-4-3-5-7-14/h3-9,11,13,17H,10,12H2,1-2H3,(H,22,26)/t17-/m1/s1. The molecule has 30 heavy (non-hydrogen) atoms. The van der Waals surface area contributed by atoms with Crippen molar-refractivity contribution in [2.75, 3.05) is 26.1 Å². The topological polar surface area (TPSA) is 117 Å². The van der Waals surface area contributed by atoms with Crippen molar-refractivity contribution in [1.29, 1.82) is 0 Å². The largest absolute Gasteiger partial charge is 0.497 e. The SMILES string of the molecule is COc1ccc(NC(=O)COC(=O)[C@@H](Cc2ccccc2)n2cnnn2)c(OC)c1. The number of nitrogens with one attached hydrogen (secondary N) is 1. The Morgan fingerprint density at radius 3 is 2.57 bits per heavy atom. The number of hydrogen-bond acceptors (Lipinski definition) is 8. The van der Waals surface area contributed by atoms with Crippen molar-refractivity contribution in [3.8, 4) is 11.5 Å². The van der Waals surface area contributed by atoms with Gasteiger partial charge in [-0.05, 0) is 28.1 Å². The summed E-state index contributed by atoms with van der Waals surface area (Å²) >= 11 is 0. The van der Waals surface area contributed by atoms with Gasteiger partial charge in [-0.1, -0.05) is 30.3 Å². The molecule has 2 aromatic carbocycles. The summed E-state index contributed by atoms with van der Waals surface area (Å²) in [6, 6.07) is 13.5. The zero-order valence-corrected chi connectivity index (χ0v) is 16.5. The molecule has 1 N–H and O–H groups in total. The Labute approximate surface area is 172 Å². The van der Waals surface area contributed by atoms with Crippen molar-refractivity contribution in [2.24, 2.45) is 0 Å². The lowest BCUT2D eigenvalue weighted by molar-refractivity contribution is -0.151. The van der Waals surface area contributed by atoms with Crippen LogP contribution >= 0.6 is 0 Å². The van der Waals surface area contributed by atoms with Crippen LogP contribution in [0.4, 0.5) is 5.69 Å². The van der Waals surface area contributed by atoms with Gasteiger partial charge in [0.15, 0.2) is 12.6 Å². The highest BCUT2D eigenvalue weighted by Crippen LogP contribution is 2.29. The molecule has 0 radical (unpaired) electrons. The molecule has 10 nitrogen and oxygen atoms in total. The molecule has 0 fully saturated rings. The molecule has 0 unspecified atom stereocenters. The van der Waals surface area contributed by atoms with Crippen LogP contribution in [0.2, 0.25) is 0 Å². The van der Waals surface area contributed by atoms with Crippen LogP contribution in [0.5, 0.6) is 11.5 Å². The normalized spacial score (nSPS) is 11.4. The zero-order chi connectivity index (χ0) is 21.3. The molecule has 3 aromatic rings. The number of carbonyl (C=O) groups excluding carboxylic acids is 2. The minimum atomic E-state index is -0.800. The number of esters is 1. The first-order valence-electron chi connectivity index (χ1n) is 9.05. The van der Waals surface area contributed by atoms with E-state index in [4.69, 9.17) is 14.2 Å². The van der Waals surface area contributed by atoms with E-state index in [-0.39, 0.29) is 0 Å². The molecule has 1 heterocycles. The molecule has 0 aliphatic rings. The Bertz CT molecular complexity index is 979. The summed E-state index contributed by atoms with van der Waals surface area (Å²) in [5.74, 6) is -0.129. The summed E-state index contributed by atoms with van der Waals surface area (Å²) in [7, 11) is 3.01. The van der Waals surface area contributed by atoms with E-state index in [0.717, 1.165) is 5.56 Å². The molecule has 1 aromatic heterocycles. The van der Waals surface area contributed by atoms with Gasteiger partial charge in [0.25, 0.3) is 5.91 Å². The van der Waals surface area contributed by atoms with Gasteiger partial charge < -0.3 is 19.5 Å². The second-order valence-corrected chi connectivity index (χ2v) is 6.22. The van der Waals surface area contributed by atoms with Gasteiger partial charge in [-0.3, -0.25) is 4.79 Å². The molecule has 0 spiro atoms. The van der Waals surface area contributed by atoms with Gasteiger partial charge in [0, 0.05) is 12.5 Å². The third-order valence-electron chi connectivity index (χ3n) is 4.26. The maximum absolute atomic E-state index is 12.6. The van der Waals surface area contributed by atoms with Crippen LogP contribution in [0.1, 0.15) is 11.6 Å². The minimum absolute atomic E-state index is 0.318. The fourth-order valence-corrected chi connectivity index (χ4v) is 2.75. The van der Waals surface area contributed by atoms with E-state index in [1.807, 2.05) is 30.3 Å². The van der Waals surface area contributed by atoms with Crippen molar-refractivity contribution in [3.05, 3.63) is 60.4 Å². The maximum Gasteiger partial charge on any atom is 0.331 e. The molecule has 1 atom stereocenters. The molecule has 1 amide bonds. The van der Waals surface area contributed by atoms with Gasteiger partial charge in [-0.15, -0.1) is 5.10 Å². The second-order valence-electron chi connectivity index (χ2n) is 6.22. The highest BCUT2D eigenvalue weighted by molar-refractivity contribution is 5.94. The lowest BCUT2D eigenvalue weighted by atomic mass is 10.1. The molecule has 0 bridgehead atoms. The smallest absolute Gasteiger partial charge is 0.331 e. The summed E-state index contributed by atoms with van der Waals surface area (Å²) in [5.41, 5.74) is 1.34. The van der Waals surface area contributed by atoms with E-state index in [1.54, 1.807) is 18.2 Å². The van der Waals surface area contributed by atoms with Crippen LogP contribution in [0.15, 0.2) is 54.9 Å². The Morgan fingerprint density at radius 1 is 1.10 bits per heavy atom. The van der Waals surface area contributed by atoms with Crippen LogP contribution in [0.25, 0.3) is 0 Å². The zero-order valence-electron chi connectivity index (χ0n) is 16.5. The highest BCUT2D eigenvalue weighted by Gasteiger charge is 2.25. The quantitative estimate of drug-likeness (QED) is 0.528. The first-order chi connectivity index (χ1) is 14.6. The van der Waals surface area contributed by atoms with E-state index in [9.17, 15) is 9.59 Å². The number of rotatable bonds is 9. The Hall–Kier alpha value is -3.95. The van der Waals surface area contributed by atoms with Crippen LogP contribution < -0.4 is 14.8 Å². The fourth-order valence-electron chi connectivity index (χ4n) is 2.75. The number of nitrogens with zero attached hydrogens (tertiary/aromatic N) is 4. The predicted octanol–water partition coefficient (Wildman–Crippen LogP) is 1.66. The summed E-state index contributed by atoms with van der Waals surface area (Å²) in [4.78, 5) is 24.9. The van der Waals surface area contributed by atoms with Gasteiger partial charge in [-0.2, -0.15) is 0 Å². The number of carbonyl (C=O) groups is 2. The number of tetrazole rings is 1. The molecule has 3 rings (SSSR count). The van der Waals surface area contributed by atoms with Crippen molar-refractivity contribution in [2.45, 2.75) is 12.5 Å². The van der Waals surface area contributed by atoms with Gasteiger partial charge >= 0.3 is 5.97 Å². The maximum atomic E-state index is 12.6. The average Bonchev–Trinajstić information content (AvgIpc) is 3.31. The van der Waals surface area contributed by atoms with Crippen LogP contribution in [0, 0.1) is 0 Å². The summed E-state index contributed by atoms with van der Waals surface area (Å²) in [6.45, 7) is -0.471. The van der Waals surface area contributed by atoms with E-state index in [2.05, 4.69) is 20.8 Å². The predicted molar refractivity (Wildman–Crippen MR) is 106 cm³/mol. The number of amides is 1. The number of hydrogen-bond donors (Lipinski definition) is 1. The molecule has 0 saturated heterocycles. The lowest BCUT2D eigenvalue weighted by Crippen LogP contribution is -2.28. The average molecular weight is 411 g/mol. The first kappa shape index (κ1) is 20.8. The summed E-state index contributed by atoms with van der Waals surface area (Å²) in [6.07, 6.45) is 1.65. The monoisotopic (exact) mass is 411 g/mol. The molecular formula is C20H21N5O5. The van der Waals surface area contributed by atoms with Crippen LogP contribution in [0.3, 0.4) is 0 Å². The summed E-state index contributed by atoms with van der Waals surface area (Å²) in [5, 5.41) is 13.6. The number of anilines is 1. The number of ether oxygens (including phenoxy) is 3. The van der Waals surface area contributed by atoms with Crippen molar-refractivity contribution >= 4 is 17.6 Å². The van der Waals surface area contributed by atoms with E-state index < -0.39 is 24.5 Å². The third-order valence-corrected chi connectivity index (χ3v) is 4.26. The van der Waals surface area contributed by atoms with Gasteiger partial charge in [0.2, 0.25) is 0 Å². The van der Waals surface area contributed by atoms with E-state index in [0.29, 0.717) is 23.6 Å². The molecule has 0 saturated carbocycles. The number of aromatic nitrogens is 4. The van der Waals surface area contributed by atoms with Gasteiger partial charge in [0.05, 0.1) is 19.9 Å². The third kappa shape index (κ3) is 5.31. The molecular weight excluding hydrogens is 390 g/mol. The molecule has 0 aliphatic carbocycles. The van der Waals surface area contributed by atoms with Gasteiger partial charge in [-0.25, -0.2) is 9.48 Å². The van der Waals surface area contributed by atoms with Crippen LogP contribution in [-0.4, -0.2) is 52.9 Å². The van der Waals surface area contributed by atoms with Crippen molar-refractivity contribution in [3.63, 3.8) is 0 Å². The number of methoxy groups -OCH3 is 2. The minimum Gasteiger partial charge on any atom is -0.497 e. The Balaban J connectivity index is 1.63. The number of benzene rings is 2. The Morgan fingerprint density at radius 2 is 1.90 bits per heavy atom. The first-order valence-corrected chi connectivity index (χ1v) is 9.05. The summed E-state index contributed by atoms with van der Waals surface area (Å²) < 4.78 is 16.9. The van der Waals surface area contributed by atoms with Crippen molar-refractivity contribution in [1.82, 2.24) is 20.2 Å². The lowest BCUT2D eigenvalue weighted by Gasteiger charge is -2.16. The van der Waals surface area contributed by atoms with Gasteiger partial charge in [0.1, 0.15) is 17.8 Å². The molecule has 0 aliphatic heterocycles. The van der Waals surface area contributed by atoms with E-state index in [1.165, 1.54) is 25.2 Å². The Kier molecular flexibility index (Phi) is 6.93. The van der Waals surface area contributed by atoms with E-state index >= 15 is 0 Å². The molecule has 10 heteroatoms. The fraction of sp³-hybridized carbons (Fsp3) is 0.250. The van der Waals surface area contributed by atoms with Crippen molar-refractivity contribution < 1.29 is 23.8 Å². The second kappa shape index (κ2) is 10.0. The molecule has 156 valence electrons. The highest BCUT2D eigenvalue weighted by atomic mass is 16.5.